The van der Waals surface area contributed by atoms with Crippen LogP contribution in [0.3, 0.4) is 0 Å². The lowest BCUT2D eigenvalue weighted by Gasteiger charge is -2.16. The molecule has 1 atom stereocenters. The molecular weight excluding hydrogens is 284 g/mol. The Labute approximate surface area is 110 Å². The van der Waals surface area contributed by atoms with Gasteiger partial charge in [-0.25, -0.2) is 0 Å². The second-order valence-corrected chi connectivity index (χ2v) is 5.33. The quantitative estimate of drug-likeness (QED) is 0.929. The SMILES string of the molecule is Cc1cc(Br)cc(CO)c1OCC1CCOC1. The number of aliphatic hydroxyl groups is 1. The zero-order valence-electron chi connectivity index (χ0n) is 9.91. The molecule has 0 bridgehead atoms. The molecule has 4 heteroatoms. The van der Waals surface area contributed by atoms with Gasteiger partial charge in [0.05, 0.1) is 19.8 Å². The molecule has 1 aliphatic rings. The maximum Gasteiger partial charge on any atom is 0.127 e. The summed E-state index contributed by atoms with van der Waals surface area (Å²) in [6.45, 7) is 4.26. The lowest BCUT2D eigenvalue weighted by Crippen LogP contribution is -2.13. The van der Waals surface area contributed by atoms with Crippen molar-refractivity contribution in [2.24, 2.45) is 5.92 Å². The van der Waals surface area contributed by atoms with Crippen LogP contribution >= 0.6 is 15.9 Å². The smallest absolute Gasteiger partial charge is 0.127 e. The van der Waals surface area contributed by atoms with Crippen molar-refractivity contribution in [3.8, 4) is 5.75 Å². The van der Waals surface area contributed by atoms with Crippen LogP contribution in [-0.2, 0) is 11.3 Å². The van der Waals surface area contributed by atoms with E-state index in [4.69, 9.17) is 9.47 Å². The van der Waals surface area contributed by atoms with Gasteiger partial charge in [-0.1, -0.05) is 15.9 Å². The van der Waals surface area contributed by atoms with Crippen LogP contribution in [0.25, 0.3) is 0 Å². The van der Waals surface area contributed by atoms with Gasteiger partial charge in [-0.3, -0.25) is 0 Å². The van der Waals surface area contributed by atoms with Crippen molar-refractivity contribution in [3.05, 3.63) is 27.7 Å². The third kappa shape index (κ3) is 3.21. The van der Waals surface area contributed by atoms with Crippen LogP contribution < -0.4 is 4.74 Å². The Kier molecular flexibility index (Phi) is 4.42. The van der Waals surface area contributed by atoms with Gasteiger partial charge in [0.2, 0.25) is 0 Å². The van der Waals surface area contributed by atoms with Crippen molar-refractivity contribution in [1.29, 1.82) is 0 Å². The molecule has 1 saturated heterocycles. The Balaban J connectivity index is 2.08. The van der Waals surface area contributed by atoms with Crippen LogP contribution in [0.2, 0.25) is 0 Å². The van der Waals surface area contributed by atoms with E-state index < -0.39 is 0 Å². The number of halogens is 1. The van der Waals surface area contributed by atoms with E-state index in [1.807, 2.05) is 19.1 Å². The minimum Gasteiger partial charge on any atom is -0.493 e. The van der Waals surface area contributed by atoms with Crippen molar-refractivity contribution in [3.63, 3.8) is 0 Å². The highest BCUT2D eigenvalue weighted by Gasteiger charge is 2.17. The molecule has 0 aromatic heterocycles. The number of benzene rings is 1. The highest BCUT2D eigenvalue weighted by Crippen LogP contribution is 2.29. The molecule has 1 heterocycles. The van der Waals surface area contributed by atoms with Crippen LogP contribution in [0.5, 0.6) is 5.75 Å². The molecule has 1 N–H and O–H groups in total. The van der Waals surface area contributed by atoms with Gasteiger partial charge in [0, 0.05) is 22.6 Å². The van der Waals surface area contributed by atoms with E-state index in [1.165, 1.54) is 0 Å². The van der Waals surface area contributed by atoms with E-state index in [9.17, 15) is 5.11 Å². The minimum atomic E-state index is -0.00319. The molecule has 0 saturated carbocycles. The van der Waals surface area contributed by atoms with Gasteiger partial charge in [-0.05, 0) is 31.0 Å². The summed E-state index contributed by atoms with van der Waals surface area (Å²) in [5, 5.41) is 9.33. The Morgan fingerprint density at radius 2 is 2.35 bits per heavy atom. The number of aliphatic hydroxyl groups excluding tert-OH is 1. The number of aryl methyl sites for hydroxylation is 1. The summed E-state index contributed by atoms with van der Waals surface area (Å²) in [6.07, 6.45) is 1.06. The Bertz CT molecular complexity index is 386. The van der Waals surface area contributed by atoms with Crippen LogP contribution in [0.4, 0.5) is 0 Å². The zero-order chi connectivity index (χ0) is 12.3. The fourth-order valence-corrected chi connectivity index (χ4v) is 2.66. The summed E-state index contributed by atoms with van der Waals surface area (Å²) in [5.41, 5.74) is 1.87. The first kappa shape index (κ1) is 12.9. The first-order valence-electron chi connectivity index (χ1n) is 5.81. The topological polar surface area (TPSA) is 38.7 Å². The maximum absolute atomic E-state index is 9.33. The van der Waals surface area contributed by atoms with Gasteiger partial charge < -0.3 is 14.6 Å². The molecular formula is C13H17BrO3. The molecule has 94 valence electrons. The van der Waals surface area contributed by atoms with Gasteiger partial charge in [0.1, 0.15) is 5.75 Å². The molecule has 2 rings (SSSR count). The standard InChI is InChI=1S/C13H17BrO3/c1-9-4-12(14)5-11(6-15)13(9)17-8-10-2-3-16-7-10/h4-5,10,15H,2-3,6-8H2,1H3. The summed E-state index contributed by atoms with van der Waals surface area (Å²) < 4.78 is 12.1. The number of hydrogen-bond donors (Lipinski definition) is 1. The third-order valence-electron chi connectivity index (χ3n) is 2.97. The Morgan fingerprint density at radius 3 is 3.00 bits per heavy atom. The number of ether oxygens (including phenoxy) is 2. The molecule has 0 spiro atoms. The van der Waals surface area contributed by atoms with Gasteiger partial charge >= 0.3 is 0 Å². The molecule has 3 nitrogen and oxygen atoms in total. The molecule has 0 aliphatic carbocycles. The molecule has 1 aromatic rings. The van der Waals surface area contributed by atoms with Gasteiger partial charge in [0.25, 0.3) is 0 Å². The average molecular weight is 301 g/mol. The number of hydrogen-bond acceptors (Lipinski definition) is 3. The monoisotopic (exact) mass is 300 g/mol. The highest BCUT2D eigenvalue weighted by molar-refractivity contribution is 9.10. The van der Waals surface area contributed by atoms with Crippen molar-refractivity contribution in [1.82, 2.24) is 0 Å². The summed E-state index contributed by atoms with van der Waals surface area (Å²) >= 11 is 3.42. The fraction of sp³-hybridized carbons (Fsp3) is 0.538. The second-order valence-electron chi connectivity index (χ2n) is 4.41. The molecule has 1 aromatic carbocycles. The van der Waals surface area contributed by atoms with E-state index in [0.29, 0.717) is 12.5 Å². The summed E-state index contributed by atoms with van der Waals surface area (Å²) in [4.78, 5) is 0. The van der Waals surface area contributed by atoms with E-state index in [2.05, 4.69) is 15.9 Å². The van der Waals surface area contributed by atoms with Gasteiger partial charge in [-0.2, -0.15) is 0 Å². The molecule has 1 aliphatic heterocycles. The lowest BCUT2D eigenvalue weighted by molar-refractivity contribution is 0.165. The molecule has 0 radical (unpaired) electrons. The van der Waals surface area contributed by atoms with Crippen molar-refractivity contribution < 1.29 is 14.6 Å². The largest absolute Gasteiger partial charge is 0.493 e. The average Bonchev–Trinajstić information content (AvgIpc) is 2.79. The van der Waals surface area contributed by atoms with E-state index in [-0.39, 0.29) is 6.61 Å². The molecule has 1 unspecified atom stereocenters. The van der Waals surface area contributed by atoms with Crippen molar-refractivity contribution in [2.45, 2.75) is 20.0 Å². The normalized spacial score (nSPS) is 19.6. The Hall–Kier alpha value is -0.580. The van der Waals surface area contributed by atoms with Crippen LogP contribution in [0, 0.1) is 12.8 Å². The first-order chi connectivity index (χ1) is 8.20. The second kappa shape index (κ2) is 5.85. The maximum atomic E-state index is 9.33. The van der Waals surface area contributed by atoms with Crippen molar-refractivity contribution in [2.75, 3.05) is 19.8 Å². The van der Waals surface area contributed by atoms with Crippen LogP contribution in [-0.4, -0.2) is 24.9 Å². The molecule has 0 amide bonds. The summed E-state index contributed by atoms with van der Waals surface area (Å²) in [7, 11) is 0. The highest BCUT2D eigenvalue weighted by atomic mass is 79.9. The molecule has 1 fully saturated rings. The zero-order valence-corrected chi connectivity index (χ0v) is 11.5. The van der Waals surface area contributed by atoms with Crippen LogP contribution in [0.1, 0.15) is 17.5 Å². The summed E-state index contributed by atoms with van der Waals surface area (Å²) in [5.74, 6) is 1.28. The first-order valence-corrected chi connectivity index (χ1v) is 6.60. The lowest BCUT2D eigenvalue weighted by atomic mass is 10.1. The van der Waals surface area contributed by atoms with E-state index in [0.717, 1.165) is 41.0 Å². The predicted molar refractivity (Wildman–Crippen MR) is 69.2 cm³/mol. The van der Waals surface area contributed by atoms with Crippen molar-refractivity contribution >= 4 is 15.9 Å². The van der Waals surface area contributed by atoms with E-state index >= 15 is 0 Å². The minimum absolute atomic E-state index is 0.00319. The van der Waals surface area contributed by atoms with E-state index in [1.54, 1.807) is 0 Å². The molecule has 17 heavy (non-hydrogen) atoms. The fourth-order valence-electron chi connectivity index (χ4n) is 2.04. The van der Waals surface area contributed by atoms with Gasteiger partial charge in [-0.15, -0.1) is 0 Å². The third-order valence-corrected chi connectivity index (χ3v) is 3.43. The summed E-state index contributed by atoms with van der Waals surface area (Å²) in [6, 6.07) is 3.90. The Morgan fingerprint density at radius 1 is 1.53 bits per heavy atom. The predicted octanol–water partition coefficient (Wildman–Crippen LogP) is 2.67. The van der Waals surface area contributed by atoms with Crippen LogP contribution in [0.15, 0.2) is 16.6 Å². The number of rotatable bonds is 4. The van der Waals surface area contributed by atoms with Gasteiger partial charge in [0.15, 0.2) is 0 Å².